The van der Waals surface area contributed by atoms with E-state index in [0.29, 0.717) is 5.92 Å². The highest BCUT2D eigenvalue weighted by Crippen LogP contribution is 2.09. The molecule has 0 bridgehead atoms. The third kappa shape index (κ3) is 6.58. The fourth-order valence-corrected chi connectivity index (χ4v) is 3.09. The Morgan fingerprint density at radius 2 is 1.77 bits per heavy atom. The second-order valence-electron chi connectivity index (χ2n) is 8.13. The zero-order valence-electron chi connectivity index (χ0n) is 16.6. The summed E-state index contributed by atoms with van der Waals surface area (Å²) in [5.41, 5.74) is 2.35. The van der Waals surface area contributed by atoms with Crippen molar-refractivity contribution in [2.24, 2.45) is 11.8 Å². The number of aliphatic hydroxyl groups excluding tert-OH is 1. The molecule has 1 aromatic carbocycles. The van der Waals surface area contributed by atoms with Crippen LogP contribution in [0.3, 0.4) is 0 Å². The first-order valence-corrected chi connectivity index (χ1v) is 9.75. The maximum Gasteiger partial charge on any atom is 0.123 e. The van der Waals surface area contributed by atoms with Gasteiger partial charge in [-0.25, -0.2) is 4.39 Å². The van der Waals surface area contributed by atoms with Gasteiger partial charge in [0, 0.05) is 12.7 Å². The van der Waals surface area contributed by atoms with Crippen molar-refractivity contribution in [3.05, 3.63) is 59.7 Å². The highest BCUT2D eigenvalue weighted by atomic mass is 19.1. The molecule has 4 heteroatoms. The summed E-state index contributed by atoms with van der Waals surface area (Å²) < 4.78 is 15.3. The van der Waals surface area contributed by atoms with Crippen LogP contribution in [0.25, 0.3) is 0 Å². The van der Waals surface area contributed by atoms with Gasteiger partial charge in [0.1, 0.15) is 25.0 Å². The van der Waals surface area contributed by atoms with Gasteiger partial charge in [-0.05, 0) is 48.1 Å². The Bertz CT molecular complexity index is 648. The van der Waals surface area contributed by atoms with Crippen LogP contribution in [0.2, 0.25) is 0 Å². The topological polar surface area (TPSA) is 29.6 Å². The highest BCUT2D eigenvalue weighted by Gasteiger charge is 2.20. The normalized spacial score (nSPS) is 14.2. The first-order chi connectivity index (χ1) is 12.3. The van der Waals surface area contributed by atoms with E-state index in [9.17, 15) is 9.50 Å². The van der Waals surface area contributed by atoms with Crippen LogP contribution in [0.15, 0.2) is 42.6 Å². The molecule has 0 spiro atoms. The summed E-state index contributed by atoms with van der Waals surface area (Å²) in [7, 11) is 0. The molecule has 0 saturated heterocycles. The maximum absolute atomic E-state index is 13.1. The largest absolute Gasteiger partial charge is 0.387 e. The molecular weight excluding hydrogens is 327 g/mol. The monoisotopic (exact) mass is 361 g/mol. The Balaban J connectivity index is 2.07. The molecule has 144 valence electrons. The average molecular weight is 362 g/mol. The van der Waals surface area contributed by atoms with Crippen LogP contribution in [0.5, 0.6) is 0 Å². The molecule has 1 aromatic heterocycles. The van der Waals surface area contributed by atoms with E-state index in [-0.39, 0.29) is 17.8 Å². The minimum atomic E-state index is -0.280. The molecule has 2 atom stereocenters. The van der Waals surface area contributed by atoms with Gasteiger partial charge >= 0.3 is 0 Å². The van der Waals surface area contributed by atoms with Crippen LogP contribution in [0.4, 0.5) is 4.39 Å². The molecule has 26 heavy (non-hydrogen) atoms. The third-order valence-corrected chi connectivity index (χ3v) is 4.96. The zero-order chi connectivity index (χ0) is 19.1. The number of nitrogens with zero attached hydrogens (tertiary/aromatic N) is 1. The van der Waals surface area contributed by atoms with Crippen LogP contribution < -0.4 is 4.90 Å². The van der Waals surface area contributed by atoms with Crippen molar-refractivity contribution in [1.29, 1.82) is 0 Å². The van der Waals surface area contributed by atoms with Crippen LogP contribution in [-0.4, -0.2) is 28.9 Å². The lowest BCUT2D eigenvalue weighted by Crippen LogP contribution is -3.12. The predicted molar refractivity (Wildman–Crippen MR) is 105 cm³/mol. The molecule has 0 saturated carbocycles. The fourth-order valence-electron chi connectivity index (χ4n) is 3.09. The number of rotatable bonds is 10. The standard InChI is InChI=1S/C22H33FN2O/c1-17(2)11-13-24(16-22(26)18(3)4)15-21-6-5-12-25(21)14-19-7-9-20(23)10-8-19/h5-10,12,17-18,22,26H,11,13-16H2,1-4H3/p+1/t22-/m1/s1. The number of nitrogens with one attached hydrogen (secondary N) is 1. The van der Waals surface area contributed by atoms with Crippen molar-refractivity contribution in [3.63, 3.8) is 0 Å². The molecule has 0 fully saturated rings. The maximum atomic E-state index is 13.1. The van der Waals surface area contributed by atoms with E-state index in [4.69, 9.17) is 0 Å². The van der Waals surface area contributed by atoms with Gasteiger partial charge in [-0.2, -0.15) is 0 Å². The van der Waals surface area contributed by atoms with Crippen LogP contribution >= 0.6 is 0 Å². The Morgan fingerprint density at radius 3 is 2.38 bits per heavy atom. The lowest BCUT2D eigenvalue weighted by Gasteiger charge is -2.25. The van der Waals surface area contributed by atoms with E-state index < -0.39 is 0 Å². The van der Waals surface area contributed by atoms with Gasteiger partial charge in [-0.1, -0.05) is 39.8 Å². The lowest BCUT2D eigenvalue weighted by atomic mass is 10.1. The molecule has 0 aliphatic heterocycles. The first-order valence-electron chi connectivity index (χ1n) is 9.75. The summed E-state index contributed by atoms with van der Waals surface area (Å²) in [6, 6.07) is 10.9. The Hall–Kier alpha value is -1.65. The zero-order valence-corrected chi connectivity index (χ0v) is 16.6. The summed E-state index contributed by atoms with van der Waals surface area (Å²) in [5.74, 6) is 0.732. The van der Waals surface area contributed by atoms with Crippen LogP contribution in [0.1, 0.15) is 45.4 Å². The molecular formula is C22H34FN2O+. The van der Waals surface area contributed by atoms with Gasteiger partial charge in [-0.3, -0.25) is 0 Å². The van der Waals surface area contributed by atoms with Gasteiger partial charge in [0.25, 0.3) is 0 Å². The molecule has 0 radical (unpaired) electrons. The van der Waals surface area contributed by atoms with Crippen molar-refractivity contribution in [2.75, 3.05) is 13.1 Å². The number of halogens is 1. The predicted octanol–water partition coefficient (Wildman–Crippen LogP) is 3.12. The molecule has 2 N–H and O–H groups in total. The third-order valence-electron chi connectivity index (χ3n) is 4.96. The van der Waals surface area contributed by atoms with Gasteiger partial charge in [-0.15, -0.1) is 0 Å². The van der Waals surface area contributed by atoms with E-state index in [0.717, 1.165) is 38.2 Å². The SMILES string of the molecule is CC(C)CC[NH+](Cc1cccn1Cc1ccc(F)cc1)C[C@@H](O)C(C)C. The van der Waals surface area contributed by atoms with Gasteiger partial charge < -0.3 is 14.6 Å². The molecule has 0 amide bonds. The van der Waals surface area contributed by atoms with E-state index in [1.165, 1.54) is 22.7 Å². The van der Waals surface area contributed by atoms with Crippen molar-refractivity contribution < 1.29 is 14.4 Å². The average Bonchev–Trinajstić information content (AvgIpc) is 3.01. The second kappa shape index (κ2) is 9.89. The molecule has 0 aliphatic carbocycles. The van der Waals surface area contributed by atoms with Crippen molar-refractivity contribution in [1.82, 2.24) is 4.57 Å². The number of quaternary nitrogens is 1. The van der Waals surface area contributed by atoms with E-state index in [1.807, 2.05) is 12.1 Å². The Morgan fingerprint density at radius 1 is 1.08 bits per heavy atom. The molecule has 0 aliphatic rings. The first kappa shape index (κ1) is 20.7. The second-order valence-corrected chi connectivity index (χ2v) is 8.13. The number of aliphatic hydroxyl groups is 1. The smallest absolute Gasteiger partial charge is 0.123 e. The van der Waals surface area contributed by atoms with Crippen molar-refractivity contribution >= 4 is 0 Å². The van der Waals surface area contributed by atoms with Crippen LogP contribution in [0, 0.1) is 17.7 Å². The molecule has 2 rings (SSSR count). The quantitative estimate of drug-likeness (QED) is 0.669. The van der Waals surface area contributed by atoms with E-state index in [2.05, 4.69) is 50.6 Å². The number of hydrogen-bond acceptors (Lipinski definition) is 1. The molecule has 2 aromatic rings. The summed E-state index contributed by atoms with van der Waals surface area (Å²) >= 11 is 0. The summed E-state index contributed by atoms with van der Waals surface area (Å²) in [5, 5.41) is 10.4. The minimum absolute atomic E-state index is 0.201. The number of aromatic nitrogens is 1. The molecule has 3 nitrogen and oxygen atoms in total. The number of hydrogen-bond donors (Lipinski definition) is 2. The summed E-state index contributed by atoms with van der Waals surface area (Å²) in [6.45, 7) is 12.1. The summed E-state index contributed by atoms with van der Waals surface area (Å²) in [6.07, 6.45) is 2.95. The van der Waals surface area contributed by atoms with Gasteiger partial charge in [0.15, 0.2) is 0 Å². The summed E-state index contributed by atoms with van der Waals surface area (Å²) in [4.78, 5) is 1.42. The van der Waals surface area contributed by atoms with E-state index in [1.54, 1.807) is 0 Å². The molecule has 1 heterocycles. The molecule has 1 unspecified atom stereocenters. The van der Waals surface area contributed by atoms with E-state index >= 15 is 0 Å². The van der Waals surface area contributed by atoms with Crippen molar-refractivity contribution in [2.45, 2.75) is 53.3 Å². The highest BCUT2D eigenvalue weighted by molar-refractivity contribution is 5.18. The van der Waals surface area contributed by atoms with Crippen LogP contribution in [-0.2, 0) is 13.1 Å². The van der Waals surface area contributed by atoms with Gasteiger partial charge in [0.2, 0.25) is 0 Å². The van der Waals surface area contributed by atoms with Crippen molar-refractivity contribution in [3.8, 4) is 0 Å². The Labute approximate surface area is 157 Å². The lowest BCUT2D eigenvalue weighted by molar-refractivity contribution is -0.918. The fraction of sp³-hybridized carbons (Fsp3) is 0.545. The van der Waals surface area contributed by atoms with Gasteiger partial charge in [0.05, 0.1) is 12.2 Å². The Kier molecular flexibility index (Phi) is 7.85. The minimum Gasteiger partial charge on any atom is -0.387 e. The number of benzene rings is 1.